The third-order valence-corrected chi connectivity index (χ3v) is 9.21. The third-order valence-electron chi connectivity index (χ3n) is 8.90. The first kappa shape index (κ1) is 29.8. The molecule has 1 amide bonds. The Morgan fingerprint density at radius 3 is 2.61 bits per heavy atom. The van der Waals surface area contributed by atoms with Crippen molar-refractivity contribution >= 4 is 34.1 Å². The van der Waals surface area contributed by atoms with Gasteiger partial charge in [-0.2, -0.15) is 0 Å². The Morgan fingerprint density at radius 2 is 1.93 bits per heavy atom. The van der Waals surface area contributed by atoms with E-state index in [1.54, 1.807) is 17.2 Å². The SMILES string of the molecule is C=CC(=O)N1CC2CCc3c(c4cc(F)c(-c5c(O)cccc5Cl)c(F)c4n(-c4c(C)ccnc4C(C)C)c3=O)N2CC1C. The molecule has 1 N–H and O–H groups in total. The number of aryl methyl sites for hydroxylation is 1. The normalized spacial score (nSPS) is 18.0. The molecule has 2 aliphatic rings. The first-order valence-corrected chi connectivity index (χ1v) is 15.1. The van der Waals surface area contributed by atoms with Gasteiger partial charge in [-0.15, -0.1) is 0 Å². The molecule has 0 spiro atoms. The van der Waals surface area contributed by atoms with Gasteiger partial charge < -0.3 is 14.9 Å². The molecule has 2 aromatic carbocycles. The van der Waals surface area contributed by atoms with Crippen LogP contribution in [0.25, 0.3) is 27.7 Å². The molecule has 2 unspecified atom stereocenters. The van der Waals surface area contributed by atoms with E-state index >= 15 is 8.78 Å². The molecule has 2 atom stereocenters. The standard InChI is InChI=1S/C34H33ClF2N4O3/c1-6-26(43)39-16-20-10-11-21-32(40(20)15-19(39)5)22-14-24(36)28(27-23(35)8-7-9-25(27)42)29(37)33(22)41(34(21)44)31-18(4)12-13-38-30(31)17(2)3/h6-9,12-14,17,19-20,42H,1,10-11,15-16H2,2-5H3. The largest absolute Gasteiger partial charge is 0.507 e. The molecule has 6 rings (SSSR count). The molecule has 1 fully saturated rings. The number of benzene rings is 2. The number of phenolic OH excluding ortho intramolecular Hbond substituents is 1. The van der Waals surface area contributed by atoms with Gasteiger partial charge in [0.2, 0.25) is 5.91 Å². The summed E-state index contributed by atoms with van der Waals surface area (Å²) in [6.07, 6.45) is 3.89. The number of aromatic hydroxyl groups is 1. The van der Waals surface area contributed by atoms with Crippen LogP contribution in [0.1, 0.15) is 49.9 Å². The summed E-state index contributed by atoms with van der Waals surface area (Å²) in [5.41, 5.74) is 1.40. The second kappa shape index (κ2) is 11.0. The van der Waals surface area contributed by atoms with Crippen molar-refractivity contribution in [3.8, 4) is 22.6 Å². The fraction of sp³-hybridized carbons (Fsp3) is 0.324. The van der Waals surface area contributed by atoms with Crippen LogP contribution in [0.15, 0.2) is 54.0 Å². The van der Waals surface area contributed by atoms with Crippen LogP contribution < -0.4 is 10.5 Å². The van der Waals surface area contributed by atoms with Crippen molar-refractivity contribution in [2.45, 2.75) is 58.5 Å². The number of carbonyl (C=O) groups is 1. The minimum absolute atomic E-state index is 0.0358. The summed E-state index contributed by atoms with van der Waals surface area (Å²) < 4.78 is 34.8. The first-order chi connectivity index (χ1) is 21.0. The number of rotatable bonds is 4. The molecular formula is C34H33ClF2N4O3. The van der Waals surface area contributed by atoms with E-state index in [9.17, 15) is 14.7 Å². The molecule has 0 saturated carbocycles. The third kappa shape index (κ3) is 4.48. The van der Waals surface area contributed by atoms with Gasteiger partial charge in [-0.3, -0.25) is 19.1 Å². The Bertz CT molecular complexity index is 1900. The second-order valence-electron chi connectivity index (χ2n) is 12.0. The maximum Gasteiger partial charge on any atom is 0.261 e. The van der Waals surface area contributed by atoms with Crippen LogP contribution in [0.4, 0.5) is 14.5 Å². The predicted molar refractivity (Wildman–Crippen MR) is 169 cm³/mol. The van der Waals surface area contributed by atoms with E-state index in [1.165, 1.54) is 34.9 Å². The highest BCUT2D eigenvalue weighted by Gasteiger charge is 2.40. The van der Waals surface area contributed by atoms with Crippen molar-refractivity contribution in [2.75, 3.05) is 18.0 Å². The number of amides is 1. The molecule has 2 aromatic heterocycles. The van der Waals surface area contributed by atoms with Gasteiger partial charge >= 0.3 is 0 Å². The van der Waals surface area contributed by atoms with Crippen LogP contribution in [0.3, 0.4) is 0 Å². The topological polar surface area (TPSA) is 78.7 Å². The van der Waals surface area contributed by atoms with E-state index in [0.717, 1.165) is 0 Å². The van der Waals surface area contributed by atoms with Gasteiger partial charge in [0.15, 0.2) is 5.82 Å². The molecule has 2 aliphatic heterocycles. The summed E-state index contributed by atoms with van der Waals surface area (Å²) in [5.74, 6) is -2.62. The van der Waals surface area contributed by atoms with Crippen molar-refractivity contribution in [1.29, 1.82) is 0 Å². The van der Waals surface area contributed by atoms with Crippen LogP contribution in [0.5, 0.6) is 5.75 Å². The van der Waals surface area contributed by atoms with Gasteiger partial charge in [-0.1, -0.05) is 38.1 Å². The minimum Gasteiger partial charge on any atom is -0.507 e. The molecule has 4 heterocycles. The van der Waals surface area contributed by atoms with E-state index in [2.05, 4.69) is 11.6 Å². The van der Waals surface area contributed by atoms with Crippen molar-refractivity contribution in [3.63, 3.8) is 0 Å². The highest BCUT2D eigenvalue weighted by molar-refractivity contribution is 6.33. The fourth-order valence-electron chi connectivity index (χ4n) is 6.84. The molecular weight excluding hydrogens is 586 g/mol. The number of phenols is 1. The Kier molecular flexibility index (Phi) is 7.48. The van der Waals surface area contributed by atoms with E-state index in [0.29, 0.717) is 54.1 Å². The zero-order valence-electron chi connectivity index (χ0n) is 25.0. The zero-order chi connectivity index (χ0) is 31.6. The Balaban J connectivity index is 1.75. The van der Waals surface area contributed by atoms with Gasteiger partial charge in [0.1, 0.15) is 11.6 Å². The smallest absolute Gasteiger partial charge is 0.261 e. The number of pyridine rings is 2. The lowest BCUT2D eigenvalue weighted by Crippen LogP contribution is -2.60. The summed E-state index contributed by atoms with van der Waals surface area (Å²) in [6, 6.07) is 6.83. The van der Waals surface area contributed by atoms with Gasteiger partial charge in [-0.25, -0.2) is 8.78 Å². The predicted octanol–water partition coefficient (Wildman–Crippen LogP) is 6.66. The Labute approximate surface area is 259 Å². The maximum atomic E-state index is 17.2. The van der Waals surface area contributed by atoms with Crippen LogP contribution in [-0.4, -0.2) is 50.6 Å². The molecule has 44 heavy (non-hydrogen) atoms. The van der Waals surface area contributed by atoms with Gasteiger partial charge in [0, 0.05) is 47.9 Å². The van der Waals surface area contributed by atoms with Gasteiger partial charge in [0.25, 0.3) is 5.56 Å². The van der Waals surface area contributed by atoms with E-state index in [1.807, 2.05) is 32.6 Å². The summed E-state index contributed by atoms with van der Waals surface area (Å²) in [6.45, 7) is 12.0. The average Bonchev–Trinajstić information content (AvgIpc) is 2.98. The molecule has 4 aromatic rings. The minimum atomic E-state index is -1.02. The van der Waals surface area contributed by atoms with Gasteiger partial charge in [0.05, 0.1) is 33.2 Å². The maximum absolute atomic E-state index is 17.2. The lowest BCUT2D eigenvalue weighted by molar-refractivity contribution is -0.129. The number of carbonyl (C=O) groups excluding carboxylic acids is 1. The van der Waals surface area contributed by atoms with Gasteiger partial charge in [-0.05, 0) is 68.5 Å². The highest BCUT2D eigenvalue weighted by atomic mass is 35.5. The average molecular weight is 619 g/mol. The van der Waals surface area contributed by atoms with E-state index in [-0.39, 0.29) is 51.1 Å². The van der Waals surface area contributed by atoms with Crippen LogP contribution in [-0.2, 0) is 11.2 Å². The molecule has 1 saturated heterocycles. The molecule has 0 radical (unpaired) electrons. The summed E-state index contributed by atoms with van der Waals surface area (Å²) in [4.78, 5) is 35.6. The van der Waals surface area contributed by atoms with Crippen molar-refractivity contribution < 1.29 is 18.7 Å². The summed E-state index contributed by atoms with van der Waals surface area (Å²) >= 11 is 6.39. The first-order valence-electron chi connectivity index (χ1n) is 14.7. The van der Waals surface area contributed by atoms with Crippen molar-refractivity contribution in [3.05, 3.63) is 93.0 Å². The Morgan fingerprint density at radius 1 is 1.18 bits per heavy atom. The molecule has 0 aliphatic carbocycles. The van der Waals surface area contributed by atoms with Crippen molar-refractivity contribution in [2.24, 2.45) is 0 Å². The number of hydrogen-bond donors (Lipinski definition) is 1. The molecule has 228 valence electrons. The quantitative estimate of drug-likeness (QED) is 0.259. The number of nitrogens with zero attached hydrogens (tertiary/aromatic N) is 4. The molecule has 10 heteroatoms. The van der Waals surface area contributed by atoms with E-state index < -0.39 is 22.8 Å². The molecule has 0 bridgehead atoms. The highest BCUT2D eigenvalue weighted by Crippen LogP contribution is 2.45. The number of hydrogen-bond acceptors (Lipinski definition) is 5. The Hall–Kier alpha value is -4.24. The molecule has 7 nitrogen and oxygen atoms in total. The summed E-state index contributed by atoms with van der Waals surface area (Å²) in [7, 11) is 0. The van der Waals surface area contributed by atoms with Crippen molar-refractivity contribution in [1.82, 2.24) is 14.5 Å². The number of aromatic nitrogens is 2. The van der Waals surface area contributed by atoms with Crippen LogP contribution >= 0.6 is 11.6 Å². The number of anilines is 1. The summed E-state index contributed by atoms with van der Waals surface area (Å²) in [5, 5.41) is 10.9. The lowest BCUT2D eigenvalue weighted by atomic mass is 9.89. The number of fused-ring (bicyclic) bond motifs is 5. The monoisotopic (exact) mass is 618 g/mol. The fourth-order valence-corrected chi connectivity index (χ4v) is 7.11. The number of piperazine rings is 1. The van der Waals surface area contributed by atoms with Crippen LogP contribution in [0, 0.1) is 18.6 Å². The van der Waals surface area contributed by atoms with Crippen LogP contribution in [0.2, 0.25) is 5.02 Å². The second-order valence-corrected chi connectivity index (χ2v) is 12.4. The lowest BCUT2D eigenvalue weighted by Gasteiger charge is -2.49. The number of halogens is 3. The zero-order valence-corrected chi connectivity index (χ0v) is 25.8. The van der Waals surface area contributed by atoms with E-state index in [4.69, 9.17) is 11.6 Å².